The van der Waals surface area contributed by atoms with Gasteiger partial charge in [0.05, 0.1) is 20.8 Å². The monoisotopic (exact) mass is 588 g/mol. The van der Waals surface area contributed by atoms with Gasteiger partial charge in [0.25, 0.3) is 0 Å². The third kappa shape index (κ3) is 6.82. The number of thiophene rings is 1. The third-order valence-corrected chi connectivity index (χ3v) is 8.46. The Balaban J connectivity index is 1.25. The normalized spacial score (nSPS) is 13.2. The first-order chi connectivity index (χ1) is 20.2. The van der Waals surface area contributed by atoms with Crippen LogP contribution in [-0.2, 0) is 27.3 Å². The van der Waals surface area contributed by atoms with E-state index in [9.17, 15) is 14.4 Å². The molecule has 1 aliphatic rings. The molecule has 0 atom stereocenters. The zero-order valence-corrected chi connectivity index (χ0v) is 24.7. The van der Waals surface area contributed by atoms with Crippen LogP contribution in [0.1, 0.15) is 44.7 Å². The van der Waals surface area contributed by atoms with Gasteiger partial charge in [-0.05, 0) is 41.8 Å². The number of pyridine rings is 2. The van der Waals surface area contributed by atoms with Crippen molar-refractivity contribution in [3.05, 3.63) is 71.8 Å². The van der Waals surface area contributed by atoms with Crippen LogP contribution in [-0.4, -0.2) is 57.0 Å². The van der Waals surface area contributed by atoms with E-state index in [4.69, 9.17) is 4.74 Å². The van der Waals surface area contributed by atoms with Gasteiger partial charge in [-0.15, -0.1) is 11.3 Å². The average molecular weight is 589 g/mol. The molecule has 1 aromatic carbocycles. The van der Waals surface area contributed by atoms with Gasteiger partial charge >= 0.3 is 0 Å². The third-order valence-electron chi connectivity index (χ3n) is 7.30. The highest BCUT2D eigenvalue weighted by Gasteiger charge is 2.30. The molecule has 4 aromatic rings. The molecule has 8 nitrogen and oxygen atoms in total. The van der Waals surface area contributed by atoms with E-state index in [0.717, 1.165) is 27.3 Å². The molecule has 0 saturated carbocycles. The summed E-state index contributed by atoms with van der Waals surface area (Å²) in [6, 6.07) is 12.1. The topological polar surface area (TPSA) is 92.7 Å². The van der Waals surface area contributed by atoms with Crippen molar-refractivity contribution in [3.63, 3.8) is 0 Å². The summed E-state index contributed by atoms with van der Waals surface area (Å²) in [5, 5.41) is 0. The van der Waals surface area contributed by atoms with Crippen molar-refractivity contribution in [2.75, 3.05) is 19.6 Å². The lowest BCUT2D eigenvalue weighted by atomic mass is 9.92. The molecule has 10 heteroatoms. The molecule has 0 spiro atoms. The van der Waals surface area contributed by atoms with Crippen molar-refractivity contribution in [1.29, 1.82) is 0 Å². The maximum atomic E-state index is 15.0. The van der Waals surface area contributed by atoms with E-state index in [2.05, 4.69) is 9.97 Å². The van der Waals surface area contributed by atoms with Crippen molar-refractivity contribution in [2.24, 2.45) is 5.92 Å². The minimum atomic E-state index is -0.548. The van der Waals surface area contributed by atoms with Crippen molar-refractivity contribution >= 4 is 39.2 Å². The molecular weight excluding hydrogens is 555 g/mol. The molecule has 0 N–H and O–H groups in total. The van der Waals surface area contributed by atoms with Gasteiger partial charge in [-0.1, -0.05) is 19.1 Å². The van der Waals surface area contributed by atoms with E-state index in [1.54, 1.807) is 47.3 Å². The Labute approximate surface area is 248 Å². The first kappa shape index (κ1) is 29.3. The first-order valence-electron chi connectivity index (χ1n) is 14.0. The van der Waals surface area contributed by atoms with Crippen LogP contribution in [0, 0.1) is 11.7 Å². The number of amides is 2. The van der Waals surface area contributed by atoms with Gasteiger partial charge in [-0.2, -0.15) is 0 Å². The van der Waals surface area contributed by atoms with Gasteiger partial charge in [0.15, 0.2) is 11.6 Å². The summed E-state index contributed by atoms with van der Waals surface area (Å²) >= 11 is 1.46. The van der Waals surface area contributed by atoms with Gasteiger partial charge in [-0.3, -0.25) is 24.4 Å². The minimum Gasteiger partial charge on any atom is -0.453 e. The van der Waals surface area contributed by atoms with Gasteiger partial charge in [0.2, 0.25) is 11.8 Å². The SMILES string of the molecule is CCCN(Cc1ccc(-c2cc3nccc(Oc4ccc(CC(=O)CC5CN(C(C)=O)C5)cc4F)c3s2)nc1)C(C)=O. The molecule has 0 unspecified atom stereocenters. The minimum absolute atomic E-state index is 0.0216. The van der Waals surface area contributed by atoms with E-state index < -0.39 is 5.82 Å². The quantitative estimate of drug-likeness (QED) is 0.213. The number of nitrogens with zero attached hydrogens (tertiary/aromatic N) is 4. The highest BCUT2D eigenvalue weighted by Crippen LogP contribution is 2.39. The van der Waals surface area contributed by atoms with Crippen LogP contribution < -0.4 is 4.74 Å². The lowest BCUT2D eigenvalue weighted by molar-refractivity contribution is -0.137. The van der Waals surface area contributed by atoms with Gasteiger partial charge in [0.1, 0.15) is 11.5 Å². The number of likely N-dealkylation sites (tertiary alicyclic amines) is 1. The van der Waals surface area contributed by atoms with E-state index in [0.29, 0.717) is 49.4 Å². The summed E-state index contributed by atoms with van der Waals surface area (Å²) < 4.78 is 21.8. The average Bonchev–Trinajstić information content (AvgIpc) is 3.37. The van der Waals surface area contributed by atoms with E-state index in [1.165, 1.54) is 24.3 Å². The summed E-state index contributed by atoms with van der Waals surface area (Å²) in [4.78, 5) is 49.2. The van der Waals surface area contributed by atoms with Gasteiger partial charge < -0.3 is 14.5 Å². The molecule has 1 fully saturated rings. The molecule has 4 heterocycles. The van der Waals surface area contributed by atoms with E-state index in [1.807, 2.05) is 25.1 Å². The van der Waals surface area contributed by atoms with Crippen LogP contribution >= 0.6 is 11.3 Å². The lowest BCUT2D eigenvalue weighted by Gasteiger charge is -2.38. The number of fused-ring (bicyclic) bond motifs is 1. The highest BCUT2D eigenvalue weighted by molar-refractivity contribution is 7.22. The molecule has 218 valence electrons. The molecule has 0 radical (unpaired) electrons. The molecule has 3 aromatic heterocycles. The summed E-state index contributed by atoms with van der Waals surface area (Å²) in [6.07, 6.45) is 4.81. The maximum Gasteiger partial charge on any atom is 0.219 e. The number of rotatable bonds is 11. The Morgan fingerprint density at radius 3 is 2.50 bits per heavy atom. The highest BCUT2D eigenvalue weighted by atomic mass is 32.1. The number of hydrogen-bond acceptors (Lipinski definition) is 7. The summed E-state index contributed by atoms with van der Waals surface area (Å²) in [5.41, 5.74) is 3.02. The van der Waals surface area contributed by atoms with Gasteiger partial charge in [0, 0.05) is 77.2 Å². The predicted molar refractivity (Wildman–Crippen MR) is 160 cm³/mol. The molecule has 42 heavy (non-hydrogen) atoms. The second-order valence-electron chi connectivity index (χ2n) is 10.7. The zero-order valence-electron chi connectivity index (χ0n) is 23.9. The van der Waals surface area contributed by atoms with Crippen molar-refractivity contribution < 1.29 is 23.5 Å². The number of ketones is 1. The predicted octanol–water partition coefficient (Wildman–Crippen LogP) is 6.03. The number of aromatic nitrogens is 2. The maximum absolute atomic E-state index is 15.0. The van der Waals surface area contributed by atoms with Crippen molar-refractivity contribution in [2.45, 2.75) is 46.6 Å². The Morgan fingerprint density at radius 2 is 1.83 bits per heavy atom. The van der Waals surface area contributed by atoms with Crippen LogP contribution in [0.25, 0.3) is 20.8 Å². The number of halogens is 1. The summed E-state index contributed by atoms with van der Waals surface area (Å²) in [7, 11) is 0. The van der Waals surface area contributed by atoms with Crippen LogP contribution in [0.15, 0.2) is 54.9 Å². The Hall–Kier alpha value is -4.18. The second kappa shape index (κ2) is 12.8. The fourth-order valence-electron chi connectivity index (χ4n) is 5.06. The van der Waals surface area contributed by atoms with Gasteiger partial charge in [-0.25, -0.2) is 4.39 Å². The molecule has 0 bridgehead atoms. The molecule has 1 aliphatic heterocycles. The van der Waals surface area contributed by atoms with Crippen LogP contribution in [0.3, 0.4) is 0 Å². The number of Topliss-reactive ketones (excluding diaryl/α,β-unsaturated/α-hetero) is 1. The second-order valence-corrected chi connectivity index (χ2v) is 11.8. The van der Waals surface area contributed by atoms with E-state index >= 15 is 4.39 Å². The Morgan fingerprint density at radius 1 is 1.05 bits per heavy atom. The van der Waals surface area contributed by atoms with Crippen LogP contribution in [0.4, 0.5) is 4.39 Å². The number of carbonyl (C=O) groups is 3. The molecule has 0 aliphatic carbocycles. The van der Waals surface area contributed by atoms with E-state index in [-0.39, 0.29) is 35.7 Å². The number of carbonyl (C=O) groups excluding carboxylic acids is 3. The van der Waals surface area contributed by atoms with Crippen molar-refractivity contribution in [3.8, 4) is 22.1 Å². The molecular formula is C32H33FN4O4S. The number of hydrogen-bond donors (Lipinski definition) is 0. The smallest absolute Gasteiger partial charge is 0.219 e. The summed E-state index contributed by atoms with van der Waals surface area (Å²) in [6.45, 7) is 7.56. The number of benzene rings is 1. The fourth-order valence-corrected chi connectivity index (χ4v) is 6.10. The first-order valence-corrected chi connectivity index (χ1v) is 14.8. The molecule has 2 amide bonds. The number of ether oxygens (including phenoxy) is 1. The molecule has 5 rings (SSSR count). The summed E-state index contributed by atoms with van der Waals surface area (Å²) in [5.74, 6) is 0.255. The largest absolute Gasteiger partial charge is 0.453 e. The Kier molecular flexibility index (Phi) is 8.91. The zero-order chi connectivity index (χ0) is 29.8. The van der Waals surface area contributed by atoms with Crippen LogP contribution in [0.5, 0.6) is 11.5 Å². The van der Waals surface area contributed by atoms with Crippen molar-refractivity contribution in [1.82, 2.24) is 19.8 Å². The lowest BCUT2D eigenvalue weighted by Crippen LogP contribution is -2.49. The Bertz CT molecular complexity index is 1610. The molecule has 1 saturated heterocycles. The van der Waals surface area contributed by atoms with Crippen LogP contribution in [0.2, 0.25) is 0 Å². The fraction of sp³-hybridized carbons (Fsp3) is 0.344. The standard InChI is InChI=1S/C32H33FN4O4S/c1-4-11-36(20(2)38)17-23-5-7-27(35-16-23)31-15-28-32(42-31)30(9-10-34-28)41-29-8-6-22(14-26(29)33)12-25(40)13-24-18-37(19-24)21(3)39/h5-10,14-16,24H,4,11-13,17-19H2,1-3H3.